The Bertz CT molecular complexity index is 732. The summed E-state index contributed by atoms with van der Waals surface area (Å²) in [5.74, 6) is 0.368. The van der Waals surface area contributed by atoms with E-state index in [9.17, 15) is 8.42 Å². The molecule has 5 nitrogen and oxygen atoms in total. The van der Waals surface area contributed by atoms with Crippen LogP contribution < -0.4 is 15.2 Å². The molecule has 0 aromatic heterocycles. The van der Waals surface area contributed by atoms with Crippen molar-refractivity contribution in [3.63, 3.8) is 0 Å². The molecule has 0 spiro atoms. The van der Waals surface area contributed by atoms with E-state index in [4.69, 9.17) is 22.1 Å². The molecular formula is C13H13ClN2O3S. The summed E-state index contributed by atoms with van der Waals surface area (Å²) < 4.78 is 32.1. The second-order valence-corrected chi connectivity index (χ2v) is 6.08. The van der Waals surface area contributed by atoms with E-state index in [0.29, 0.717) is 10.8 Å². The highest BCUT2D eigenvalue weighted by Crippen LogP contribution is 2.30. The molecule has 0 aliphatic rings. The van der Waals surface area contributed by atoms with Crippen molar-refractivity contribution >= 4 is 33.0 Å². The van der Waals surface area contributed by atoms with Crippen molar-refractivity contribution < 1.29 is 13.2 Å². The molecule has 0 saturated heterocycles. The zero-order valence-electron chi connectivity index (χ0n) is 10.6. The van der Waals surface area contributed by atoms with Crippen molar-refractivity contribution in [3.8, 4) is 5.75 Å². The molecule has 3 N–H and O–H groups in total. The number of ether oxygens (including phenoxy) is 1. The lowest BCUT2D eigenvalue weighted by Crippen LogP contribution is -2.15. The van der Waals surface area contributed by atoms with Gasteiger partial charge < -0.3 is 10.5 Å². The lowest BCUT2D eigenvalue weighted by atomic mass is 10.3. The third-order valence-corrected chi connectivity index (χ3v) is 4.29. The van der Waals surface area contributed by atoms with E-state index in [2.05, 4.69) is 4.72 Å². The molecule has 106 valence electrons. The number of benzene rings is 2. The average Bonchev–Trinajstić information content (AvgIpc) is 2.39. The first-order valence-electron chi connectivity index (χ1n) is 5.65. The van der Waals surface area contributed by atoms with E-state index in [1.807, 2.05) is 0 Å². The van der Waals surface area contributed by atoms with E-state index in [1.165, 1.54) is 25.3 Å². The third kappa shape index (κ3) is 2.97. The van der Waals surface area contributed by atoms with Gasteiger partial charge in [0.2, 0.25) is 0 Å². The van der Waals surface area contributed by atoms with Crippen molar-refractivity contribution in [2.24, 2.45) is 0 Å². The Morgan fingerprint density at radius 1 is 1.20 bits per heavy atom. The number of rotatable bonds is 4. The van der Waals surface area contributed by atoms with Crippen LogP contribution in [0.1, 0.15) is 0 Å². The van der Waals surface area contributed by atoms with E-state index < -0.39 is 10.0 Å². The molecule has 0 amide bonds. The van der Waals surface area contributed by atoms with Gasteiger partial charge in [-0.1, -0.05) is 23.7 Å². The Kier molecular flexibility index (Phi) is 4.06. The van der Waals surface area contributed by atoms with Crippen LogP contribution in [-0.2, 0) is 10.0 Å². The molecule has 0 saturated carbocycles. The van der Waals surface area contributed by atoms with E-state index in [1.54, 1.807) is 24.3 Å². The SMILES string of the molecule is COc1ccc(Cl)cc1NS(=O)(=O)c1ccccc1N. The van der Waals surface area contributed by atoms with Gasteiger partial charge in [0.1, 0.15) is 10.6 Å². The predicted molar refractivity (Wildman–Crippen MR) is 79.7 cm³/mol. The van der Waals surface area contributed by atoms with Gasteiger partial charge in [0.15, 0.2) is 0 Å². The Morgan fingerprint density at radius 3 is 2.55 bits per heavy atom. The summed E-state index contributed by atoms with van der Waals surface area (Å²) in [7, 11) is -2.36. The van der Waals surface area contributed by atoms with Gasteiger partial charge in [0, 0.05) is 5.02 Å². The number of hydrogen-bond donors (Lipinski definition) is 2. The summed E-state index contributed by atoms with van der Waals surface area (Å²) in [6.45, 7) is 0. The van der Waals surface area contributed by atoms with Gasteiger partial charge in [-0.25, -0.2) is 8.42 Å². The number of sulfonamides is 1. The van der Waals surface area contributed by atoms with Gasteiger partial charge in [-0.15, -0.1) is 0 Å². The fourth-order valence-corrected chi connectivity index (χ4v) is 3.05. The van der Waals surface area contributed by atoms with Crippen LogP contribution in [0, 0.1) is 0 Å². The molecule has 7 heteroatoms. The number of nitrogens with one attached hydrogen (secondary N) is 1. The molecule has 2 aromatic rings. The van der Waals surface area contributed by atoms with Gasteiger partial charge in [-0.2, -0.15) is 0 Å². The minimum absolute atomic E-state index is 0.00188. The van der Waals surface area contributed by atoms with Crippen LogP contribution in [-0.4, -0.2) is 15.5 Å². The standard InChI is InChI=1S/C13H13ClN2O3S/c1-19-12-7-6-9(14)8-11(12)16-20(17,18)13-5-3-2-4-10(13)15/h2-8,16H,15H2,1H3. The summed E-state index contributed by atoms with van der Waals surface area (Å²) >= 11 is 5.86. The van der Waals surface area contributed by atoms with Crippen LogP contribution in [0.3, 0.4) is 0 Å². The average molecular weight is 313 g/mol. The monoisotopic (exact) mass is 312 g/mol. The van der Waals surface area contributed by atoms with Crippen LogP contribution in [0.5, 0.6) is 5.75 Å². The first-order chi connectivity index (χ1) is 9.44. The van der Waals surface area contributed by atoms with Gasteiger partial charge in [-0.3, -0.25) is 4.72 Å². The molecule has 0 radical (unpaired) electrons. The zero-order chi connectivity index (χ0) is 14.8. The number of halogens is 1. The molecule has 20 heavy (non-hydrogen) atoms. The molecule has 2 aromatic carbocycles. The molecule has 0 bridgehead atoms. The third-order valence-electron chi connectivity index (χ3n) is 2.61. The number of nitrogens with two attached hydrogens (primary N) is 1. The molecule has 0 heterocycles. The topological polar surface area (TPSA) is 81.4 Å². The summed E-state index contributed by atoms with van der Waals surface area (Å²) in [6, 6.07) is 10.9. The number of hydrogen-bond acceptors (Lipinski definition) is 4. The maximum absolute atomic E-state index is 12.3. The van der Waals surface area contributed by atoms with Crippen molar-refractivity contribution in [1.29, 1.82) is 0 Å². The highest BCUT2D eigenvalue weighted by atomic mass is 35.5. The number of anilines is 2. The Hall–Kier alpha value is -1.92. The maximum atomic E-state index is 12.3. The lowest BCUT2D eigenvalue weighted by molar-refractivity contribution is 0.417. The van der Waals surface area contributed by atoms with Crippen LogP contribution >= 0.6 is 11.6 Å². The van der Waals surface area contributed by atoms with E-state index >= 15 is 0 Å². The van der Waals surface area contributed by atoms with E-state index in [0.717, 1.165) is 0 Å². The largest absolute Gasteiger partial charge is 0.495 e. The summed E-state index contributed by atoms with van der Waals surface area (Å²) in [5, 5.41) is 0.393. The van der Waals surface area contributed by atoms with Gasteiger partial charge in [-0.05, 0) is 30.3 Å². The second kappa shape index (κ2) is 5.60. The zero-order valence-corrected chi connectivity index (χ0v) is 12.2. The van der Waals surface area contributed by atoms with Crippen LogP contribution in [0.4, 0.5) is 11.4 Å². The molecule has 0 aliphatic heterocycles. The molecule has 0 aliphatic carbocycles. The summed E-state index contributed by atoms with van der Waals surface area (Å²) in [4.78, 5) is 0.00188. The maximum Gasteiger partial charge on any atom is 0.264 e. The fraction of sp³-hybridized carbons (Fsp3) is 0.0769. The first kappa shape index (κ1) is 14.5. The van der Waals surface area contributed by atoms with Crippen molar-refractivity contribution in [1.82, 2.24) is 0 Å². The normalized spacial score (nSPS) is 11.1. The van der Waals surface area contributed by atoms with Crippen LogP contribution in [0.2, 0.25) is 5.02 Å². The predicted octanol–water partition coefficient (Wildman–Crippen LogP) is 2.73. The van der Waals surface area contributed by atoms with Crippen molar-refractivity contribution in [3.05, 3.63) is 47.5 Å². The Labute approximate surface area is 122 Å². The molecule has 0 unspecified atom stereocenters. The quantitative estimate of drug-likeness (QED) is 0.851. The van der Waals surface area contributed by atoms with Crippen molar-refractivity contribution in [2.75, 3.05) is 17.6 Å². The van der Waals surface area contributed by atoms with Gasteiger partial charge >= 0.3 is 0 Å². The number of para-hydroxylation sites is 1. The van der Waals surface area contributed by atoms with Gasteiger partial charge in [0.25, 0.3) is 10.0 Å². The highest BCUT2D eigenvalue weighted by molar-refractivity contribution is 7.92. The molecule has 0 atom stereocenters. The molecule has 2 rings (SSSR count). The van der Waals surface area contributed by atoms with Gasteiger partial charge in [0.05, 0.1) is 18.5 Å². The molecular weight excluding hydrogens is 300 g/mol. The van der Waals surface area contributed by atoms with Crippen molar-refractivity contribution in [2.45, 2.75) is 4.90 Å². The summed E-state index contributed by atoms with van der Waals surface area (Å²) in [5.41, 5.74) is 6.10. The Morgan fingerprint density at radius 2 is 1.90 bits per heavy atom. The first-order valence-corrected chi connectivity index (χ1v) is 7.51. The molecule has 0 fully saturated rings. The second-order valence-electron chi connectivity index (χ2n) is 3.99. The summed E-state index contributed by atoms with van der Waals surface area (Å²) in [6.07, 6.45) is 0. The van der Waals surface area contributed by atoms with E-state index in [-0.39, 0.29) is 16.3 Å². The van der Waals surface area contributed by atoms with Crippen LogP contribution in [0.15, 0.2) is 47.4 Å². The Balaban J connectivity index is 2.44. The van der Waals surface area contributed by atoms with Crippen LogP contribution in [0.25, 0.3) is 0 Å². The minimum atomic E-state index is -3.81. The minimum Gasteiger partial charge on any atom is -0.495 e. The fourth-order valence-electron chi connectivity index (χ4n) is 1.68. The smallest absolute Gasteiger partial charge is 0.264 e. The lowest BCUT2D eigenvalue weighted by Gasteiger charge is -2.13. The number of nitrogen functional groups attached to an aromatic ring is 1. The number of methoxy groups -OCH3 is 1. The highest BCUT2D eigenvalue weighted by Gasteiger charge is 2.19.